The minimum absolute atomic E-state index is 0.403. The Bertz CT molecular complexity index is 845. The molecule has 1 aliphatic carbocycles. The Hall–Kier alpha value is -2.47. The zero-order valence-electron chi connectivity index (χ0n) is 16.8. The molecule has 2 fully saturated rings. The lowest BCUT2D eigenvalue weighted by molar-refractivity contribution is 0.100. The van der Waals surface area contributed by atoms with Crippen molar-refractivity contribution in [1.82, 2.24) is 14.9 Å². The predicted molar refractivity (Wildman–Crippen MR) is 111 cm³/mol. The van der Waals surface area contributed by atoms with Crippen LogP contribution in [0.25, 0.3) is 11.1 Å². The monoisotopic (exact) mass is 379 g/mol. The Labute approximate surface area is 166 Å². The van der Waals surface area contributed by atoms with Gasteiger partial charge in [0.2, 0.25) is 11.9 Å². The minimum Gasteiger partial charge on any atom is -0.366 e. The molecule has 0 bridgehead atoms. The van der Waals surface area contributed by atoms with E-state index in [9.17, 15) is 4.79 Å². The Balaban J connectivity index is 1.66. The molecule has 2 heterocycles. The number of benzene rings is 1. The number of amides is 1. The molecule has 6 nitrogen and oxygen atoms in total. The minimum atomic E-state index is -0.408. The van der Waals surface area contributed by atoms with Gasteiger partial charge in [-0.2, -0.15) is 0 Å². The number of piperidine rings is 1. The van der Waals surface area contributed by atoms with Crippen molar-refractivity contribution in [2.24, 2.45) is 11.7 Å². The molecule has 6 heteroatoms. The molecule has 1 amide bonds. The maximum Gasteiger partial charge on any atom is 0.248 e. The van der Waals surface area contributed by atoms with Gasteiger partial charge >= 0.3 is 0 Å². The van der Waals surface area contributed by atoms with E-state index in [4.69, 9.17) is 10.7 Å². The van der Waals surface area contributed by atoms with Gasteiger partial charge in [0.05, 0.1) is 5.69 Å². The molecule has 1 atom stereocenters. The Kier molecular flexibility index (Phi) is 5.31. The van der Waals surface area contributed by atoms with Crippen LogP contribution in [0, 0.1) is 5.92 Å². The number of rotatable bonds is 6. The molecule has 1 saturated carbocycles. The SMILES string of the molecule is CN(C)c1ncc(-c2ccc(C(N)=O)cc2)c(C2CCCN(CC3CC3)C2)n1. The van der Waals surface area contributed by atoms with Crippen LogP contribution in [0.2, 0.25) is 0 Å². The smallest absolute Gasteiger partial charge is 0.248 e. The molecule has 28 heavy (non-hydrogen) atoms. The summed E-state index contributed by atoms with van der Waals surface area (Å²) in [5.74, 6) is 1.64. The highest BCUT2D eigenvalue weighted by Gasteiger charge is 2.30. The summed E-state index contributed by atoms with van der Waals surface area (Å²) in [5.41, 5.74) is 9.11. The number of carbonyl (C=O) groups is 1. The molecule has 1 saturated heterocycles. The van der Waals surface area contributed by atoms with E-state index in [0.717, 1.165) is 41.7 Å². The zero-order valence-corrected chi connectivity index (χ0v) is 16.8. The third kappa shape index (κ3) is 4.17. The van der Waals surface area contributed by atoms with E-state index >= 15 is 0 Å². The van der Waals surface area contributed by atoms with E-state index in [1.54, 1.807) is 12.1 Å². The maximum absolute atomic E-state index is 11.4. The predicted octanol–water partition coefficient (Wildman–Crippen LogP) is 2.90. The van der Waals surface area contributed by atoms with Crippen molar-refractivity contribution < 1.29 is 4.79 Å². The van der Waals surface area contributed by atoms with Crippen LogP contribution in [-0.4, -0.2) is 54.5 Å². The summed E-state index contributed by atoms with van der Waals surface area (Å²) < 4.78 is 0. The van der Waals surface area contributed by atoms with Crippen molar-refractivity contribution in [1.29, 1.82) is 0 Å². The van der Waals surface area contributed by atoms with Gasteiger partial charge in [-0.3, -0.25) is 4.79 Å². The maximum atomic E-state index is 11.4. The number of nitrogens with zero attached hydrogens (tertiary/aromatic N) is 4. The van der Waals surface area contributed by atoms with Gasteiger partial charge in [-0.1, -0.05) is 12.1 Å². The highest BCUT2D eigenvalue weighted by atomic mass is 16.1. The van der Waals surface area contributed by atoms with Crippen molar-refractivity contribution in [3.05, 3.63) is 41.7 Å². The first-order valence-corrected chi connectivity index (χ1v) is 10.2. The highest BCUT2D eigenvalue weighted by Crippen LogP contribution is 2.36. The molecule has 1 aromatic carbocycles. The molecule has 4 rings (SSSR count). The van der Waals surface area contributed by atoms with Crippen LogP contribution >= 0.6 is 0 Å². The van der Waals surface area contributed by atoms with Gasteiger partial charge in [0.15, 0.2) is 0 Å². The van der Waals surface area contributed by atoms with Gasteiger partial charge in [0.25, 0.3) is 0 Å². The average Bonchev–Trinajstić information content (AvgIpc) is 3.52. The van der Waals surface area contributed by atoms with Crippen LogP contribution in [0.4, 0.5) is 5.95 Å². The summed E-state index contributed by atoms with van der Waals surface area (Å²) >= 11 is 0. The zero-order chi connectivity index (χ0) is 19.7. The molecule has 1 aliphatic heterocycles. The summed E-state index contributed by atoms with van der Waals surface area (Å²) in [5, 5.41) is 0. The molecule has 0 spiro atoms. The topological polar surface area (TPSA) is 75.4 Å². The van der Waals surface area contributed by atoms with Crippen LogP contribution < -0.4 is 10.6 Å². The van der Waals surface area contributed by atoms with E-state index in [2.05, 4.69) is 9.88 Å². The van der Waals surface area contributed by atoms with Gasteiger partial charge in [-0.15, -0.1) is 0 Å². The van der Waals surface area contributed by atoms with E-state index in [1.807, 2.05) is 37.3 Å². The lowest BCUT2D eigenvalue weighted by Crippen LogP contribution is -2.36. The van der Waals surface area contributed by atoms with Gasteiger partial charge in [-0.05, 0) is 55.8 Å². The first-order valence-electron chi connectivity index (χ1n) is 10.2. The van der Waals surface area contributed by atoms with E-state index in [-0.39, 0.29) is 0 Å². The first-order chi connectivity index (χ1) is 13.5. The second kappa shape index (κ2) is 7.87. The fourth-order valence-electron chi connectivity index (χ4n) is 4.06. The quantitative estimate of drug-likeness (QED) is 0.835. The average molecular weight is 380 g/mol. The molecular weight excluding hydrogens is 350 g/mol. The molecule has 0 radical (unpaired) electrons. The van der Waals surface area contributed by atoms with Crippen LogP contribution in [0.5, 0.6) is 0 Å². The highest BCUT2D eigenvalue weighted by molar-refractivity contribution is 5.93. The van der Waals surface area contributed by atoms with Gasteiger partial charge in [-0.25, -0.2) is 9.97 Å². The second-order valence-electron chi connectivity index (χ2n) is 8.35. The van der Waals surface area contributed by atoms with Crippen molar-refractivity contribution in [2.45, 2.75) is 31.6 Å². The number of hydrogen-bond donors (Lipinski definition) is 1. The van der Waals surface area contributed by atoms with Gasteiger partial charge in [0.1, 0.15) is 0 Å². The van der Waals surface area contributed by atoms with Crippen LogP contribution in [0.1, 0.15) is 47.7 Å². The van der Waals surface area contributed by atoms with Crippen molar-refractivity contribution >= 4 is 11.9 Å². The summed E-state index contributed by atoms with van der Waals surface area (Å²) in [6, 6.07) is 7.45. The summed E-state index contributed by atoms with van der Waals surface area (Å²) in [4.78, 5) is 25.5. The third-order valence-electron chi connectivity index (χ3n) is 5.79. The number of carbonyl (C=O) groups excluding carboxylic acids is 1. The third-order valence-corrected chi connectivity index (χ3v) is 5.79. The first kappa shape index (κ1) is 18.9. The lowest BCUT2D eigenvalue weighted by Gasteiger charge is -2.33. The van der Waals surface area contributed by atoms with Gasteiger partial charge < -0.3 is 15.5 Å². The molecule has 2 N–H and O–H groups in total. The standard InChI is InChI=1S/C22H29N5O/c1-26(2)22-24-12-19(16-7-9-17(10-8-16)21(23)28)20(25-22)18-4-3-11-27(14-18)13-15-5-6-15/h7-10,12,15,18H,3-6,11,13-14H2,1-2H3,(H2,23,28). The van der Waals surface area contributed by atoms with Crippen molar-refractivity contribution in [2.75, 3.05) is 38.6 Å². The number of aromatic nitrogens is 2. The number of likely N-dealkylation sites (tertiary alicyclic amines) is 1. The summed E-state index contributed by atoms with van der Waals surface area (Å²) in [6.45, 7) is 3.48. The Morgan fingerprint density at radius 3 is 2.61 bits per heavy atom. The van der Waals surface area contributed by atoms with Crippen LogP contribution in [-0.2, 0) is 0 Å². The van der Waals surface area contributed by atoms with Crippen LogP contribution in [0.3, 0.4) is 0 Å². The molecule has 1 aromatic heterocycles. The van der Waals surface area contributed by atoms with E-state index < -0.39 is 5.91 Å². The summed E-state index contributed by atoms with van der Waals surface area (Å²) in [6.07, 6.45) is 7.06. The van der Waals surface area contributed by atoms with Crippen LogP contribution in [0.15, 0.2) is 30.5 Å². The van der Waals surface area contributed by atoms with Crippen molar-refractivity contribution in [3.63, 3.8) is 0 Å². The number of nitrogens with two attached hydrogens (primary N) is 1. The summed E-state index contributed by atoms with van der Waals surface area (Å²) in [7, 11) is 3.95. The van der Waals surface area contributed by atoms with E-state index in [0.29, 0.717) is 11.5 Å². The van der Waals surface area contributed by atoms with Gasteiger partial charge in [0, 0.05) is 50.4 Å². The lowest BCUT2D eigenvalue weighted by atomic mass is 9.89. The van der Waals surface area contributed by atoms with E-state index in [1.165, 1.54) is 32.4 Å². The molecule has 1 unspecified atom stereocenters. The molecule has 2 aromatic rings. The van der Waals surface area contributed by atoms with Crippen molar-refractivity contribution in [3.8, 4) is 11.1 Å². The second-order valence-corrected chi connectivity index (χ2v) is 8.35. The largest absolute Gasteiger partial charge is 0.366 e. The Morgan fingerprint density at radius 1 is 1.21 bits per heavy atom. The Morgan fingerprint density at radius 2 is 1.96 bits per heavy atom. The fourth-order valence-corrected chi connectivity index (χ4v) is 4.06. The molecule has 2 aliphatic rings. The molecular formula is C22H29N5O. The fraction of sp³-hybridized carbons (Fsp3) is 0.500. The normalized spacial score (nSPS) is 20.1. The number of primary amides is 1. The number of hydrogen-bond acceptors (Lipinski definition) is 5. The number of anilines is 1. The molecule has 148 valence electrons.